The third-order valence-corrected chi connectivity index (χ3v) is 3.59. The van der Waals surface area contributed by atoms with Crippen molar-refractivity contribution >= 4 is 17.7 Å². The summed E-state index contributed by atoms with van der Waals surface area (Å²) in [4.78, 5) is 22.0. The highest BCUT2D eigenvalue weighted by atomic mass is 19.1. The summed E-state index contributed by atoms with van der Waals surface area (Å²) in [6.45, 7) is 1.63. The molecular weight excluding hydrogens is 327 g/mol. The molecule has 2 N–H and O–H groups in total. The van der Waals surface area contributed by atoms with Crippen LogP contribution in [0.15, 0.2) is 54.6 Å². The van der Waals surface area contributed by atoms with E-state index in [4.69, 9.17) is 0 Å². The predicted molar refractivity (Wildman–Crippen MR) is 91.1 cm³/mol. The molecule has 6 nitrogen and oxygen atoms in total. The fourth-order valence-corrected chi connectivity index (χ4v) is 2.18. The lowest BCUT2D eigenvalue weighted by molar-refractivity contribution is -0.384. The molecule has 0 aliphatic carbocycles. The monoisotopic (exact) mass is 344 g/mol. The molecule has 2 rings (SSSR count). The van der Waals surface area contributed by atoms with Crippen molar-refractivity contribution in [2.45, 2.75) is 19.1 Å². The molecule has 0 aliphatic heterocycles. The largest absolute Gasteiger partial charge is 0.386 e. The number of rotatable bonds is 6. The average Bonchev–Trinajstić information content (AvgIpc) is 2.60. The number of nitro groups is 1. The zero-order chi connectivity index (χ0) is 18.4. The van der Waals surface area contributed by atoms with Gasteiger partial charge in [-0.3, -0.25) is 14.9 Å². The maximum Gasteiger partial charge on any atom is 0.269 e. The second-order valence-electron chi connectivity index (χ2n) is 5.48. The van der Waals surface area contributed by atoms with Crippen LogP contribution in [0.25, 0.3) is 6.08 Å². The number of carbonyl (C=O) groups is 1. The molecule has 0 saturated carbocycles. The number of amides is 1. The molecule has 0 radical (unpaired) electrons. The summed E-state index contributed by atoms with van der Waals surface area (Å²) in [7, 11) is 0. The summed E-state index contributed by atoms with van der Waals surface area (Å²) in [6, 6.07) is 10.5. The highest BCUT2D eigenvalue weighted by molar-refractivity contribution is 5.91. The van der Waals surface area contributed by atoms with Crippen molar-refractivity contribution in [2.75, 3.05) is 0 Å². The van der Waals surface area contributed by atoms with Gasteiger partial charge in [0.15, 0.2) is 0 Å². The van der Waals surface area contributed by atoms with E-state index in [-0.39, 0.29) is 5.69 Å². The van der Waals surface area contributed by atoms with Crippen LogP contribution in [0.3, 0.4) is 0 Å². The van der Waals surface area contributed by atoms with E-state index in [1.807, 2.05) is 0 Å². The van der Waals surface area contributed by atoms with Gasteiger partial charge in [0.05, 0.1) is 17.1 Å². The standard InChI is InChI=1S/C18H17FN2O4/c1-12(18(23)14-5-7-15(19)8-6-14)20-17(22)11-4-13-2-9-16(10-3-13)21(24)25/h2-12,18,23H,1H3,(H,20,22)/b11-4+. The van der Waals surface area contributed by atoms with Crippen LogP contribution in [0.1, 0.15) is 24.2 Å². The molecule has 7 heteroatoms. The smallest absolute Gasteiger partial charge is 0.269 e. The summed E-state index contributed by atoms with van der Waals surface area (Å²) in [6.07, 6.45) is 1.81. The minimum Gasteiger partial charge on any atom is -0.386 e. The number of halogens is 1. The van der Waals surface area contributed by atoms with E-state index in [1.54, 1.807) is 6.92 Å². The molecule has 130 valence electrons. The number of nitrogens with zero attached hydrogens (tertiary/aromatic N) is 1. The van der Waals surface area contributed by atoms with Crippen molar-refractivity contribution in [3.05, 3.63) is 81.7 Å². The Morgan fingerprint density at radius 2 is 1.80 bits per heavy atom. The number of hydrogen-bond acceptors (Lipinski definition) is 4. The van der Waals surface area contributed by atoms with E-state index in [9.17, 15) is 24.4 Å². The van der Waals surface area contributed by atoms with Crippen LogP contribution in [0, 0.1) is 15.9 Å². The number of nitro benzene ring substituents is 1. The van der Waals surface area contributed by atoms with Crippen molar-refractivity contribution < 1.29 is 19.2 Å². The minimum atomic E-state index is -0.975. The van der Waals surface area contributed by atoms with Gasteiger partial charge in [-0.1, -0.05) is 12.1 Å². The van der Waals surface area contributed by atoms with Gasteiger partial charge in [-0.05, 0) is 48.4 Å². The van der Waals surface area contributed by atoms with E-state index in [2.05, 4.69) is 5.32 Å². The Morgan fingerprint density at radius 3 is 2.36 bits per heavy atom. The van der Waals surface area contributed by atoms with Gasteiger partial charge in [-0.15, -0.1) is 0 Å². The van der Waals surface area contributed by atoms with E-state index in [1.165, 1.54) is 60.7 Å². The number of benzene rings is 2. The summed E-state index contributed by atoms with van der Waals surface area (Å²) in [5, 5.41) is 23.4. The second kappa shape index (κ2) is 8.16. The van der Waals surface area contributed by atoms with Crippen LogP contribution in [-0.4, -0.2) is 22.0 Å². The third-order valence-electron chi connectivity index (χ3n) is 3.59. The molecular formula is C18H17FN2O4. The van der Waals surface area contributed by atoms with Gasteiger partial charge in [-0.2, -0.15) is 0 Å². The number of carbonyl (C=O) groups excluding carboxylic acids is 1. The number of nitrogens with one attached hydrogen (secondary N) is 1. The third kappa shape index (κ3) is 5.22. The Hall–Kier alpha value is -3.06. The van der Waals surface area contributed by atoms with Gasteiger partial charge in [-0.25, -0.2) is 4.39 Å². The van der Waals surface area contributed by atoms with E-state index in [0.29, 0.717) is 11.1 Å². The molecule has 0 bridgehead atoms. The number of hydrogen-bond donors (Lipinski definition) is 2. The first-order valence-corrected chi connectivity index (χ1v) is 7.53. The fourth-order valence-electron chi connectivity index (χ4n) is 2.18. The molecule has 0 fully saturated rings. The fraction of sp³-hybridized carbons (Fsp3) is 0.167. The Morgan fingerprint density at radius 1 is 1.20 bits per heavy atom. The van der Waals surface area contributed by atoms with Crippen molar-refractivity contribution in [3.8, 4) is 0 Å². The molecule has 0 saturated heterocycles. The number of non-ortho nitro benzene ring substituents is 1. The van der Waals surface area contributed by atoms with E-state index < -0.39 is 28.8 Å². The molecule has 25 heavy (non-hydrogen) atoms. The van der Waals surface area contributed by atoms with Crippen molar-refractivity contribution in [3.63, 3.8) is 0 Å². The molecule has 0 aliphatic rings. The minimum absolute atomic E-state index is 0.0300. The SMILES string of the molecule is CC(NC(=O)/C=C/c1ccc([N+](=O)[O-])cc1)C(O)c1ccc(F)cc1. The summed E-state index contributed by atoms with van der Waals surface area (Å²) in [5.41, 5.74) is 1.10. The summed E-state index contributed by atoms with van der Waals surface area (Å²) in [5.74, 6) is -0.828. The lowest BCUT2D eigenvalue weighted by Crippen LogP contribution is -2.36. The first-order chi connectivity index (χ1) is 11.9. The maximum absolute atomic E-state index is 12.9. The van der Waals surface area contributed by atoms with Crippen LogP contribution in [0.5, 0.6) is 0 Å². The topological polar surface area (TPSA) is 92.5 Å². The molecule has 2 unspecified atom stereocenters. The zero-order valence-electron chi connectivity index (χ0n) is 13.4. The second-order valence-corrected chi connectivity index (χ2v) is 5.48. The summed E-state index contributed by atoms with van der Waals surface area (Å²) >= 11 is 0. The van der Waals surface area contributed by atoms with Gasteiger partial charge < -0.3 is 10.4 Å². The van der Waals surface area contributed by atoms with Crippen LogP contribution >= 0.6 is 0 Å². The molecule has 2 aromatic carbocycles. The number of aliphatic hydroxyl groups excluding tert-OH is 1. The Balaban J connectivity index is 1.94. The molecule has 1 amide bonds. The van der Waals surface area contributed by atoms with Crippen LogP contribution in [0.4, 0.5) is 10.1 Å². The normalized spacial score (nSPS) is 13.4. The van der Waals surface area contributed by atoms with Crippen molar-refractivity contribution in [1.29, 1.82) is 0 Å². The van der Waals surface area contributed by atoms with Gasteiger partial charge in [0.2, 0.25) is 5.91 Å². The number of aliphatic hydroxyl groups is 1. The van der Waals surface area contributed by atoms with E-state index >= 15 is 0 Å². The predicted octanol–water partition coefficient (Wildman–Crippen LogP) is 2.99. The highest BCUT2D eigenvalue weighted by Crippen LogP contribution is 2.17. The van der Waals surface area contributed by atoms with Crippen LogP contribution in [0.2, 0.25) is 0 Å². The molecule has 2 atom stereocenters. The quantitative estimate of drug-likeness (QED) is 0.479. The first kappa shape index (κ1) is 18.3. The van der Waals surface area contributed by atoms with Crippen LogP contribution in [-0.2, 0) is 4.79 Å². The molecule has 0 aromatic heterocycles. The van der Waals surface area contributed by atoms with Gasteiger partial charge >= 0.3 is 0 Å². The summed E-state index contributed by atoms with van der Waals surface area (Å²) < 4.78 is 12.9. The first-order valence-electron chi connectivity index (χ1n) is 7.53. The zero-order valence-corrected chi connectivity index (χ0v) is 13.4. The van der Waals surface area contributed by atoms with Crippen molar-refractivity contribution in [1.82, 2.24) is 5.32 Å². The lowest BCUT2D eigenvalue weighted by Gasteiger charge is -2.19. The molecule has 0 spiro atoms. The van der Waals surface area contributed by atoms with Gasteiger partial charge in [0.25, 0.3) is 5.69 Å². The van der Waals surface area contributed by atoms with Crippen LogP contribution < -0.4 is 5.32 Å². The average molecular weight is 344 g/mol. The molecule has 0 heterocycles. The van der Waals surface area contributed by atoms with Crippen molar-refractivity contribution in [2.24, 2.45) is 0 Å². The van der Waals surface area contributed by atoms with Gasteiger partial charge in [0.1, 0.15) is 5.82 Å². The maximum atomic E-state index is 12.9. The van der Waals surface area contributed by atoms with E-state index in [0.717, 1.165) is 0 Å². The Bertz CT molecular complexity index is 773. The lowest BCUT2D eigenvalue weighted by atomic mass is 10.0. The molecule has 2 aromatic rings. The Kier molecular flexibility index (Phi) is 5.97. The van der Waals surface area contributed by atoms with Gasteiger partial charge in [0, 0.05) is 18.2 Å². The Labute approximate surface area is 143 Å². The highest BCUT2D eigenvalue weighted by Gasteiger charge is 2.17.